The second-order valence-corrected chi connectivity index (χ2v) is 4.21. The highest BCUT2D eigenvalue weighted by Gasteiger charge is 2.22. The molecule has 62 valence electrons. The van der Waals surface area contributed by atoms with Crippen LogP contribution in [0.2, 0.25) is 0 Å². The fourth-order valence-corrected chi connectivity index (χ4v) is 2.36. The lowest BCUT2D eigenvalue weighted by molar-refractivity contribution is 0.561. The fraction of sp³-hybridized carbons (Fsp3) is 0.444. The Labute approximate surface area is 79.9 Å². The van der Waals surface area contributed by atoms with Gasteiger partial charge >= 0.3 is 0 Å². The van der Waals surface area contributed by atoms with Crippen LogP contribution in [0.5, 0.6) is 0 Å². The molecule has 0 aromatic carbocycles. The van der Waals surface area contributed by atoms with Crippen molar-refractivity contribution in [1.82, 2.24) is 4.57 Å². The molecule has 1 aromatic heterocycles. The molecule has 0 spiro atoms. The van der Waals surface area contributed by atoms with Gasteiger partial charge < -0.3 is 4.57 Å². The molecule has 0 amide bonds. The molecule has 1 aliphatic heterocycles. The summed E-state index contributed by atoms with van der Waals surface area (Å²) in [5.41, 5.74) is 2.06. The van der Waals surface area contributed by atoms with Crippen molar-refractivity contribution in [2.45, 2.75) is 19.9 Å². The van der Waals surface area contributed by atoms with Crippen molar-refractivity contribution in [3.8, 4) is 6.07 Å². The molecule has 0 saturated heterocycles. The number of rotatable bonds is 0. The first-order valence-corrected chi connectivity index (χ1v) is 4.79. The molecule has 0 bridgehead atoms. The van der Waals surface area contributed by atoms with Gasteiger partial charge in [0.25, 0.3) is 0 Å². The molecule has 0 saturated carbocycles. The fourth-order valence-electron chi connectivity index (χ4n) is 1.77. The highest BCUT2D eigenvalue weighted by molar-refractivity contribution is 9.10. The number of aromatic nitrogens is 1. The van der Waals surface area contributed by atoms with Gasteiger partial charge in [-0.2, -0.15) is 5.26 Å². The third kappa shape index (κ3) is 0.987. The lowest BCUT2D eigenvalue weighted by atomic mass is 10.1. The summed E-state index contributed by atoms with van der Waals surface area (Å²) in [5.74, 6) is 0.671. The Hall–Kier alpha value is -0.750. The average Bonchev–Trinajstić information content (AvgIpc) is 2.52. The summed E-state index contributed by atoms with van der Waals surface area (Å²) < 4.78 is 3.19. The van der Waals surface area contributed by atoms with E-state index in [0.29, 0.717) is 5.92 Å². The van der Waals surface area contributed by atoms with E-state index in [1.165, 1.54) is 5.69 Å². The summed E-state index contributed by atoms with van der Waals surface area (Å²) in [6.45, 7) is 3.20. The topological polar surface area (TPSA) is 28.7 Å². The zero-order chi connectivity index (χ0) is 8.72. The maximum absolute atomic E-state index is 8.81. The summed E-state index contributed by atoms with van der Waals surface area (Å²) >= 11 is 3.46. The Morgan fingerprint density at radius 2 is 2.50 bits per heavy atom. The van der Waals surface area contributed by atoms with Gasteiger partial charge in [0.2, 0.25) is 0 Å². The smallest absolute Gasteiger partial charge is 0.121 e. The highest BCUT2D eigenvalue weighted by Crippen LogP contribution is 2.30. The molecule has 0 aliphatic carbocycles. The van der Waals surface area contributed by atoms with Crippen LogP contribution in [0.4, 0.5) is 0 Å². The van der Waals surface area contributed by atoms with Gasteiger partial charge in [0.1, 0.15) is 11.8 Å². The quantitative estimate of drug-likeness (QED) is 0.666. The van der Waals surface area contributed by atoms with Crippen molar-refractivity contribution in [1.29, 1.82) is 5.26 Å². The second-order valence-electron chi connectivity index (χ2n) is 3.36. The number of hydrogen-bond acceptors (Lipinski definition) is 1. The van der Waals surface area contributed by atoms with Crippen molar-refractivity contribution in [3.63, 3.8) is 0 Å². The average molecular weight is 225 g/mol. The molecule has 1 atom stereocenters. The van der Waals surface area contributed by atoms with E-state index in [2.05, 4.69) is 33.5 Å². The molecule has 0 N–H and O–H groups in total. The predicted molar refractivity (Wildman–Crippen MR) is 49.7 cm³/mol. The van der Waals surface area contributed by atoms with Crippen molar-refractivity contribution >= 4 is 15.9 Å². The Balaban J connectivity index is 2.54. The molecule has 12 heavy (non-hydrogen) atoms. The summed E-state index contributed by atoms with van der Waals surface area (Å²) in [6.07, 6.45) is 1.09. The molecule has 3 heteroatoms. The summed E-state index contributed by atoms with van der Waals surface area (Å²) in [5, 5.41) is 8.81. The van der Waals surface area contributed by atoms with Gasteiger partial charge in [-0.15, -0.1) is 0 Å². The Bertz CT molecular complexity index is 359. The number of fused-ring (bicyclic) bond motifs is 1. The first kappa shape index (κ1) is 7.88. The van der Waals surface area contributed by atoms with Crippen LogP contribution in [-0.4, -0.2) is 4.57 Å². The van der Waals surface area contributed by atoms with E-state index in [0.717, 1.165) is 23.1 Å². The van der Waals surface area contributed by atoms with Gasteiger partial charge in [-0.3, -0.25) is 0 Å². The van der Waals surface area contributed by atoms with Gasteiger partial charge in [-0.25, -0.2) is 0 Å². The van der Waals surface area contributed by atoms with E-state index in [9.17, 15) is 0 Å². The van der Waals surface area contributed by atoms with Crippen LogP contribution in [0.1, 0.15) is 18.3 Å². The molecular formula is C9H9BrN2. The molecule has 2 nitrogen and oxygen atoms in total. The van der Waals surface area contributed by atoms with Crippen LogP contribution in [0.25, 0.3) is 0 Å². The van der Waals surface area contributed by atoms with Crippen molar-refractivity contribution < 1.29 is 0 Å². The second kappa shape index (κ2) is 2.63. The molecule has 1 aromatic rings. The minimum absolute atomic E-state index is 0.671. The van der Waals surface area contributed by atoms with Gasteiger partial charge in [0.15, 0.2) is 0 Å². The zero-order valence-corrected chi connectivity index (χ0v) is 8.43. The lowest BCUT2D eigenvalue weighted by Gasteiger charge is -1.99. The van der Waals surface area contributed by atoms with Crippen LogP contribution >= 0.6 is 15.9 Å². The number of nitrogens with zero attached hydrogens (tertiary/aromatic N) is 2. The number of nitriles is 1. The molecule has 1 aliphatic rings. The van der Waals surface area contributed by atoms with Gasteiger partial charge in [0, 0.05) is 16.7 Å². The molecular weight excluding hydrogens is 216 g/mol. The largest absolute Gasteiger partial charge is 0.335 e. The molecule has 2 rings (SSSR count). The Morgan fingerprint density at radius 3 is 3.17 bits per heavy atom. The molecule has 1 unspecified atom stereocenters. The summed E-state index contributed by atoms with van der Waals surface area (Å²) in [4.78, 5) is 0. The van der Waals surface area contributed by atoms with Crippen LogP contribution < -0.4 is 0 Å². The van der Waals surface area contributed by atoms with Crippen molar-refractivity contribution in [2.75, 3.05) is 0 Å². The van der Waals surface area contributed by atoms with Crippen LogP contribution in [0.15, 0.2) is 10.5 Å². The molecule has 2 heterocycles. The van der Waals surface area contributed by atoms with E-state index >= 15 is 0 Å². The van der Waals surface area contributed by atoms with Crippen LogP contribution in [0.3, 0.4) is 0 Å². The maximum atomic E-state index is 8.81. The van der Waals surface area contributed by atoms with Crippen molar-refractivity contribution in [3.05, 3.63) is 21.9 Å². The van der Waals surface area contributed by atoms with E-state index in [1.807, 2.05) is 6.07 Å². The number of halogens is 1. The lowest BCUT2D eigenvalue weighted by Crippen LogP contribution is -1.99. The highest BCUT2D eigenvalue weighted by atomic mass is 79.9. The minimum atomic E-state index is 0.671. The van der Waals surface area contributed by atoms with Crippen molar-refractivity contribution in [2.24, 2.45) is 5.92 Å². The predicted octanol–water partition coefficient (Wildman–Crippen LogP) is 2.31. The third-order valence-electron chi connectivity index (χ3n) is 2.31. The SMILES string of the molecule is CC1Cc2c(Br)cc(C#N)n2C1. The van der Waals surface area contributed by atoms with Crippen LogP contribution in [-0.2, 0) is 13.0 Å². The monoisotopic (exact) mass is 224 g/mol. The van der Waals surface area contributed by atoms with E-state index in [-0.39, 0.29) is 0 Å². The maximum Gasteiger partial charge on any atom is 0.121 e. The summed E-state index contributed by atoms with van der Waals surface area (Å²) in [7, 11) is 0. The number of hydrogen-bond donors (Lipinski definition) is 0. The summed E-state index contributed by atoms with van der Waals surface area (Å²) in [6, 6.07) is 4.11. The first-order valence-electron chi connectivity index (χ1n) is 4.00. The van der Waals surface area contributed by atoms with E-state index in [1.54, 1.807) is 0 Å². The Morgan fingerprint density at radius 1 is 1.75 bits per heavy atom. The van der Waals surface area contributed by atoms with Gasteiger partial charge in [-0.05, 0) is 34.3 Å². The van der Waals surface area contributed by atoms with Crippen LogP contribution in [0, 0.1) is 17.2 Å². The van der Waals surface area contributed by atoms with Gasteiger partial charge in [0.05, 0.1) is 0 Å². The zero-order valence-electron chi connectivity index (χ0n) is 6.84. The van der Waals surface area contributed by atoms with E-state index < -0.39 is 0 Å². The molecule has 0 radical (unpaired) electrons. The Kier molecular flexibility index (Phi) is 1.73. The normalized spacial score (nSPS) is 20.6. The first-order chi connectivity index (χ1) is 5.72. The van der Waals surface area contributed by atoms with E-state index in [4.69, 9.17) is 5.26 Å². The standard InChI is InChI=1S/C9H9BrN2/c1-6-2-9-8(10)3-7(4-11)12(9)5-6/h3,6H,2,5H2,1H3. The van der Waals surface area contributed by atoms with Gasteiger partial charge in [-0.1, -0.05) is 6.92 Å². The minimum Gasteiger partial charge on any atom is -0.335 e. The third-order valence-corrected chi connectivity index (χ3v) is 2.99. The molecule has 0 fully saturated rings.